The minimum Gasteiger partial charge on any atom is -0.480 e. The summed E-state index contributed by atoms with van der Waals surface area (Å²) in [5.74, 6) is -0.125. The van der Waals surface area contributed by atoms with Crippen LogP contribution in [0.1, 0.15) is 12.8 Å². The Morgan fingerprint density at radius 3 is 2.93 bits per heavy atom. The van der Waals surface area contributed by atoms with E-state index < -0.39 is 5.97 Å². The number of carbonyl (C=O) groups is 1. The van der Waals surface area contributed by atoms with Crippen molar-refractivity contribution in [3.05, 3.63) is 18.6 Å². The molecule has 0 amide bonds. The largest absolute Gasteiger partial charge is 0.480 e. The van der Waals surface area contributed by atoms with Gasteiger partial charge in [-0.1, -0.05) is 0 Å². The van der Waals surface area contributed by atoms with Crippen LogP contribution in [0.4, 0.5) is 5.82 Å². The van der Waals surface area contributed by atoms with Crippen LogP contribution >= 0.6 is 0 Å². The molecule has 0 aliphatic heterocycles. The summed E-state index contributed by atoms with van der Waals surface area (Å²) in [4.78, 5) is 20.3. The molecule has 5 heteroatoms. The molecule has 0 saturated heterocycles. The van der Waals surface area contributed by atoms with Crippen LogP contribution in [0, 0.1) is 0 Å². The summed E-state index contributed by atoms with van der Waals surface area (Å²) in [6.07, 6.45) is 5.17. The van der Waals surface area contributed by atoms with Gasteiger partial charge in [0.1, 0.15) is 18.7 Å². The van der Waals surface area contributed by atoms with Gasteiger partial charge in [0, 0.05) is 12.2 Å². The zero-order valence-electron chi connectivity index (χ0n) is 7.63. The van der Waals surface area contributed by atoms with E-state index in [0.29, 0.717) is 11.9 Å². The molecule has 0 bridgehead atoms. The van der Waals surface area contributed by atoms with Crippen LogP contribution in [-0.2, 0) is 4.79 Å². The van der Waals surface area contributed by atoms with Gasteiger partial charge in [-0.25, -0.2) is 9.97 Å². The summed E-state index contributed by atoms with van der Waals surface area (Å²) in [6.45, 7) is 0.0156. The van der Waals surface area contributed by atoms with Crippen molar-refractivity contribution in [3.63, 3.8) is 0 Å². The second-order valence-corrected chi connectivity index (χ2v) is 3.32. The van der Waals surface area contributed by atoms with Crippen LogP contribution in [0.25, 0.3) is 0 Å². The smallest absolute Gasteiger partial charge is 0.323 e. The van der Waals surface area contributed by atoms with Crippen LogP contribution in [0.15, 0.2) is 18.6 Å². The summed E-state index contributed by atoms with van der Waals surface area (Å²) in [5.41, 5.74) is 0. The first-order valence-electron chi connectivity index (χ1n) is 4.52. The Balaban J connectivity index is 2.14. The highest BCUT2D eigenvalue weighted by molar-refractivity contribution is 5.73. The van der Waals surface area contributed by atoms with E-state index >= 15 is 0 Å². The van der Waals surface area contributed by atoms with Gasteiger partial charge in [0.2, 0.25) is 0 Å². The molecule has 1 aromatic heterocycles. The number of hydrogen-bond acceptors (Lipinski definition) is 4. The van der Waals surface area contributed by atoms with Crippen LogP contribution < -0.4 is 4.90 Å². The normalized spacial score (nSPS) is 15.1. The van der Waals surface area contributed by atoms with Gasteiger partial charge >= 0.3 is 5.97 Å². The number of carboxylic acids is 1. The van der Waals surface area contributed by atoms with Crippen LogP contribution in [-0.4, -0.2) is 33.6 Å². The van der Waals surface area contributed by atoms with Crippen molar-refractivity contribution in [1.29, 1.82) is 0 Å². The van der Waals surface area contributed by atoms with E-state index in [4.69, 9.17) is 5.11 Å². The summed E-state index contributed by atoms with van der Waals surface area (Å²) < 4.78 is 0. The third-order valence-corrected chi connectivity index (χ3v) is 2.15. The van der Waals surface area contributed by atoms with Gasteiger partial charge in [-0.2, -0.15) is 0 Å². The lowest BCUT2D eigenvalue weighted by Crippen LogP contribution is -2.32. The van der Waals surface area contributed by atoms with Crippen molar-refractivity contribution in [2.24, 2.45) is 0 Å². The van der Waals surface area contributed by atoms with Gasteiger partial charge in [0.15, 0.2) is 0 Å². The molecule has 1 N–H and O–H groups in total. The molecule has 1 aliphatic carbocycles. The molecule has 74 valence electrons. The SMILES string of the molecule is O=C(O)CN(c1ccncn1)C1CC1. The number of rotatable bonds is 4. The van der Waals surface area contributed by atoms with Gasteiger partial charge < -0.3 is 10.0 Å². The van der Waals surface area contributed by atoms with E-state index in [2.05, 4.69) is 9.97 Å². The second-order valence-electron chi connectivity index (χ2n) is 3.32. The van der Waals surface area contributed by atoms with E-state index in [0.717, 1.165) is 12.8 Å². The van der Waals surface area contributed by atoms with Gasteiger partial charge in [0.05, 0.1) is 0 Å². The molecule has 1 aliphatic rings. The minimum absolute atomic E-state index is 0.0156. The lowest BCUT2D eigenvalue weighted by atomic mass is 10.4. The monoisotopic (exact) mass is 193 g/mol. The van der Waals surface area contributed by atoms with Crippen molar-refractivity contribution in [2.45, 2.75) is 18.9 Å². The number of aliphatic carboxylic acids is 1. The molecule has 1 heterocycles. The van der Waals surface area contributed by atoms with Crippen LogP contribution in [0.5, 0.6) is 0 Å². The van der Waals surface area contributed by atoms with Crippen LogP contribution in [0.2, 0.25) is 0 Å². The van der Waals surface area contributed by atoms with Gasteiger partial charge in [0.25, 0.3) is 0 Å². The maximum absolute atomic E-state index is 10.6. The summed E-state index contributed by atoms with van der Waals surface area (Å²) in [6, 6.07) is 2.09. The maximum Gasteiger partial charge on any atom is 0.323 e. The molecule has 0 radical (unpaired) electrons. The fourth-order valence-electron chi connectivity index (χ4n) is 1.38. The fraction of sp³-hybridized carbons (Fsp3) is 0.444. The molecular weight excluding hydrogens is 182 g/mol. The summed E-state index contributed by atoms with van der Waals surface area (Å²) in [5, 5.41) is 8.74. The molecule has 2 rings (SSSR count). The number of carboxylic acid groups (broad SMARTS) is 1. The number of hydrogen-bond donors (Lipinski definition) is 1. The fourth-order valence-corrected chi connectivity index (χ4v) is 1.38. The van der Waals surface area contributed by atoms with E-state index in [1.807, 2.05) is 4.90 Å². The molecule has 0 unspecified atom stereocenters. The highest BCUT2D eigenvalue weighted by Crippen LogP contribution is 2.29. The summed E-state index contributed by atoms with van der Waals surface area (Å²) >= 11 is 0. The predicted octanol–water partition coefficient (Wildman–Crippen LogP) is 0.530. The Morgan fingerprint density at radius 2 is 2.43 bits per heavy atom. The number of aromatic nitrogens is 2. The highest BCUT2D eigenvalue weighted by Gasteiger charge is 2.31. The topological polar surface area (TPSA) is 66.3 Å². The molecule has 1 saturated carbocycles. The minimum atomic E-state index is -0.824. The molecule has 0 aromatic carbocycles. The van der Waals surface area contributed by atoms with Gasteiger partial charge in [-0.15, -0.1) is 0 Å². The summed E-state index contributed by atoms with van der Waals surface area (Å²) in [7, 11) is 0. The third kappa shape index (κ3) is 1.99. The third-order valence-electron chi connectivity index (χ3n) is 2.15. The van der Waals surface area contributed by atoms with Crippen molar-refractivity contribution >= 4 is 11.8 Å². The lowest BCUT2D eigenvalue weighted by molar-refractivity contribution is -0.135. The second kappa shape index (κ2) is 3.61. The van der Waals surface area contributed by atoms with Crippen LogP contribution in [0.3, 0.4) is 0 Å². The van der Waals surface area contributed by atoms with E-state index in [-0.39, 0.29) is 6.54 Å². The molecular formula is C9H11N3O2. The molecule has 5 nitrogen and oxygen atoms in total. The van der Waals surface area contributed by atoms with Crippen molar-refractivity contribution in [3.8, 4) is 0 Å². The number of nitrogens with zero attached hydrogens (tertiary/aromatic N) is 3. The Bertz CT molecular complexity index is 324. The van der Waals surface area contributed by atoms with E-state index in [1.165, 1.54) is 6.33 Å². The Morgan fingerprint density at radius 1 is 1.64 bits per heavy atom. The first-order chi connectivity index (χ1) is 6.77. The first-order valence-corrected chi connectivity index (χ1v) is 4.52. The molecule has 1 fully saturated rings. The zero-order chi connectivity index (χ0) is 9.97. The van der Waals surface area contributed by atoms with Gasteiger partial charge in [-0.05, 0) is 18.9 Å². The molecule has 0 spiro atoms. The standard InChI is InChI=1S/C9H11N3O2/c13-9(14)5-12(7-1-2-7)8-3-4-10-6-11-8/h3-4,6-7H,1-2,5H2,(H,13,14). The first kappa shape index (κ1) is 8.93. The molecule has 1 aromatic rings. The van der Waals surface area contributed by atoms with E-state index in [9.17, 15) is 4.79 Å². The Kier molecular flexibility index (Phi) is 2.30. The predicted molar refractivity (Wildman–Crippen MR) is 50.0 cm³/mol. The number of anilines is 1. The average molecular weight is 193 g/mol. The van der Waals surface area contributed by atoms with Crippen molar-refractivity contribution in [2.75, 3.05) is 11.4 Å². The Labute approximate surface area is 81.4 Å². The maximum atomic E-state index is 10.6. The molecule has 0 atom stereocenters. The average Bonchev–Trinajstić information content (AvgIpc) is 2.99. The Hall–Kier alpha value is -1.65. The molecule has 14 heavy (non-hydrogen) atoms. The van der Waals surface area contributed by atoms with E-state index in [1.54, 1.807) is 12.3 Å². The van der Waals surface area contributed by atoms with Crippen molar-refractivity contribution < 1.29 is 9.90 Å². The quantitative estimate of drug-likeness (QED) is 0.755. The highest BCUT2D eigenvalue weighted by atomic mass is 16.4. The lowest BCUT2D eigenvalue weighted by Gasteiger charge is -2.20. The zero-order valence-corrected chi connectivity index (χ0v) is 7.63. The van der Waals surface area contributed by atoms with Gasteiger partial charge in [-0.3, -0.25) is 4.79 Å². The van der Waals surface area contributed by atoms with Crippen molar-refractivity contribution in [1.82, 2.24) is 9.97 Å².